The van der Waals surface area contributed by atoms with E-state index in [-0.39, 0.29) is 6.10 Å². The molecule has 1 aliphatic rings. The molecule has 2 atom stereocenters. The Morgan fingerprint density at radius 3 is 2.35 bits per heavy atom. The number of rotatable bonds is 4. The van der Waals surface area contributed by atoms with E-state index in [4.69, 9.17) is 4.74 Å². The normalized spacial score (nSPS) is 20.5. The van der Waals surface area contributed by atoms with E-state index in [1.807, 2.05) is 11.8 Å². The summed E-state index contributed by atoms with van der Waals surface area (Å²) in [6.45, 7) is 2.66. The molecular weight excluding hydrogens is 266 g/mol. The Kier molecular flexibility index (Phi) is 4.74. The fourth-order valence-corrected chi connectivity index (χ4v) is 3.65. The summed E-state index contributed by atoms with van der Waals surface area (Å²) in [5, 5.41) is 3.76. The Labute approximate surface area is 124 Å². The maximum atomic E-state index is 5.98. The molecule has 2 aromatic carbocycles. The minimum atomic E-state index is 0.219. The van der Waals surface area contributed by atoms with E-state index in [1.54, 1.807) is 0 Å². The van der Waals surface area contributed by atoms with Gasteiger partial charge in [0.25, 0.3) is 0 Å². The number of hydrogen-bond acceptors (Lipinski definition) is 3. The number of thioether (sulfide) groups is 1. The maximum absolute atomic E-state index is 5.98. The van der Waals surface area contributed by atoms with Crippen molar-refractivity contribution >= 4 is 11.8 Å². The van der Waals surface area contributed by atoms with Gasteiger partial charge in [-0.1, -0.05) is 48.5 Å². The van der Waals surface area contributed by atoms with Crippen molar-refractivity contribution in [1.82, 2.24) is 5.32 Å². The van der Waals surface area contributed by atoms with Crippen LogP contribution in [0.25, 0.3) is 0 Å². The minimum Gasteiger partial charge on any atom is -0.374 e. The summed E-state index contributed by atoms with van der Waals surface area (Å²) in [6, 6.07) is 21.2. The van der Waals surface area contributed by atoms with Crippen LogP contribution in [0.1, 0.15) is 10.8 Å². The molecule has 0 bridgehead atoms. The van der Waals surface area contributed by atoms with Gasteiger partial charge in [-0.2, -0.15) is 0 Å². The highest BCUT2D eigenvalue weighted by molar-refractivity contribution is 7.99. The van der Waals surface area contributed by atoms with E-state index in [0.29, 0.717) is 5.25 Å². The van der Waals surface area contributed by atoms with Gasteiger partial charge in [0.05, 0.1) is 18.0 Å². The molecule has 3 rings (SSSR count). The predicted octanol–water partition coefficient (Wildman–Crippen LogP) is 3.51. The molecule has 20 heavy (non-hydrogen) atoms. The first-order valence-corrected chi connectivity index (χ1v) is 7.90. The molecule has 3 heteroatoms. The summed E-state index contributed by atoms with van der Waals surface area (Å²) in [5.74, 6) is 0. The van der Waals surface area contributed by atoms with Gasteiger partial charge in [0.15, 0.2) is 0 Å². The van der Waals surface area contributed by atoms with Gasteiger partial charge in [0.1, 0.15) is 0 Å². The van der Waals surface area contributed by atoms with Crippen molar-refractivity contribution < 1.29 is 4.74 Å². The first kappa shape index (κ1) is 13.7. The zero-order valence-electron chi connectivity index (χ0n) is 11.4. The van der Waals surface area contributed by atoms with Crippen LogP contribution in [0.3, 0.4) is 0 Å². The molecule has 1 heterocycles. The van der Waals surface area contributed by atoms with Gasteiger partial charge in [-0.15, -0.1) is 11.8 Å². The number of ether oxygens (including phenoxy) is 1. The minimum absolute atomic E-state index is 0.219. The van der Waals surface area contributed by atoms with E-state index in [9.17, 15) is 0 Å². The zero-order chi connectivity index (χ0) is 13.6. The van der Waals surface area contributed by atoms with Crippen LogP contribution >= 0.6 is 11.8 Å². The molecule has 1 fully saturated rings. The topological polar surface area (TPSA) is 21.3 Å². The van der Waals surface area contributed by atoms with Gasteiger partial charge in [-0.3, -0.25) is 0 Å². The van der Waals surface area contributed by atoms with Crippen LogP contribution in [0.15, 0.2) is 65.6 Å². The Balaban J connectivity index is 1.83. The fraction of sp³-hybridized carbons (Fsp3) is 0.294. The molecule has 0 aromatic heterocycles. The third kappa shape index (κ3) is 3.42. The lowest BCUT2D eigenvalue weighted by Crippen LogP contribution is -2.41. The summed E-state index contributed by atoms with van der Waals surface area (Å²) in [7, 11) is 0. The van der Waals surface area contributed by atoms with Crippen LogP contribution in [0, 0.1) is 0 Å². The Hall–Kier alpha value is -1.29. The second-order valence-corrected chi connectivity index (χ2v) is 6.09. The average molecular weight is 285 g/mol. The third-order valence-corrected chi connectivity index (χ3v) is 4.80. The molecule has 0 saturated carbocycles. The van der Waals surface area contributed by atoms with Crippen molar-refractivity contribution in [3.05, 3.63) is 66.2 Å². The molecule has 0 radical (unpaired) electrons. The quantitative estimate of drug-likeness (QED) is 0.869. The van der Waals surface area contributed by atoms with Crippen LogP contribution in [0.4, 0.5) is 0 Å². The smallest absolute Gasteiger partial charge is 0.0862 e. The molecule has 2 nitrogen and oxygen atoms in total. The summed E-state index contributed by atoms with van der Waals surface area (Å²) < 4.78 is 5.98. The Bertz CT molecular complexity index is 511. The van der Waals surface area contributed by atoms with E-state index >= 15 is 0 Å². The fourth-order valence-electron chi connectivity index (χ4n) is 2.43. The summed E-state index contributed by atoms with van der Waals surface area (Å²) in [5.41, 5.74) is 1.33. The maximum Gasteiger partial charge on any atom is 0.0862 e. The van der Waals surface area contributed by atoms with Crippen LogP contribution < -0.4 is 5.32 Å². The van der Waals surface area contributed by atoms with Crippen molar-refractivity contribution in [3.63, 3.8) is 0 Å². The number of nitrogens with one attached hydrogen (secondary N) is 1. The molecule has 1 saturated heterocycles. The van der Waals surface area contributed by atoms with Crippen LogP contribution in [-0.2, 0) is 4.74 Å². The molecule has 0 spiro atoms. The second kappa shape index (κ2) is 6.93. The van der Waals surface area contributed by atoms with Gasteiger partial charge in [0.2, 0.25) is 0 Å². The van der Waals surface area contributed by atoms with Crippen molar-refractivity contribution in [2.24, 2.45) is 0 Å². The van der Waals surface area contributed by atoms with Crippen molar-refractivity contribution in [3.8, 4) is 0 Å². The largest absolute Gasteiger partial charge is 0.374 e. The Morgan fingerprint density at radius 1 is 1.00 bits per heavy atom. The third-order valence-electron chi connectivity index (χ3n) is 3.43. The van der Waals surface area contributed by atoms with Crippen molar-refractivity contribution in [2.45, 2.75) is 16.2 Å². The van der Waals surface area contributed by atoms with Crippen LogP contribution in [0.5, 0.6) is 0 Å². The summed E-state index contributed by atoms with van der Waals surface area (Å²) in [6.07, 6.45) is 0.219. The lowest BCUT2D eigenvalue weighted by atomic mass is 10.1. The molecule has 1 aliphatic heterocycles. The van der Waals surface area contributed by atoms with E-state index < -0.39 is 0 Å². The first-order chi connectivity index (χ1) is 9.93. The molecule has 0 unspecified atom stereocenters. The van der Waals surface area contributed by atoms with Gasteiger partial charge >= 0.3 is 0 Å². The molecule has 0 aliphatic carbocycles. The molecule has 104 valence electrons. The standard InChI is InChI=1S/C17H19NOS/c1-3-7-14(8-4-1)17(16-13-18-11-12-19-16)20-15-9-5-2-6-10-15/h1-10,16-18H,11-13H2/t16-,17-/m0/s1. The van der Waals surface area contributed by atoms with E-state index in [1.165, 1.54) is 10.5 Å². The Morgan fingerprint density at radius 2 is 1.70 bits per heavy atom. The first-order valence-electron chi connectivity index (χ1n) is 7.02. The number of benzene rings is 2. The van der Waals surface area contributed by atoms with E-state index in [0.717, 1.165) is 19.7 Å². The predicted molar refractivity (Wildman–Crippen MR) is 84.1 cm³/mol. The van der Waals surface area contributed by atoms with Gasteiger partial charge in [0, 0.05) is 18.0 Å². The lowest BCUT2D eigenvalue weighted by molar-refractivity contribution is 0.0273. The zero-order valence-corrected chi connectivity index (χ0v) is 12.2. The molecule has 1 N–H and O–H groups in total. The SMILES string of the molecule is c1ccc(S[C@@H](c2ccccc2)[C@@H]2CNCCO2)cc1. The molecule has 2 aromatic rings. The van der Waals surface area contributed by atoms with Crippen molar-refractivity contribution in [1.29, 1.82) is 0 Å². The number of morpholine rings is 1. The van der Waals surface area contributed by atoms with E-state index in [2.05, 4.69) is 66.0 Å². The lowest BCUT2D eigenvalue weighted by Gasteiger charge is -2.31. The highest BCUT2D eigenvalue weighted by Gasteiger charge is 2.26. The van der Waals surface area contributed by atoms with Gasteiger partial charge in [-0.25, -0.2) is 0 Å². The van der Waals surface area contributed by atoms with Gasteiger partial charge in [-0.05, 0) is 17.7 Å². The van der Waals surface area contributed by atoms with Gasteiger partial charge < -0.3 is 10.1 Å². The monoisotopic (exact) mass is 285 g/mol. The highest BCUT2D eigenvalue weighted by atomic mass is 32.2. The molecular formula is C17H19NOS. The van der Waals surface area contributed by atoms with Crippen LogP contribution in [0.2, 0.25) is 0 Å². The van der Waals surface area contributed by atoms with Crippen molar-refractivity contribution in [2.75, 3.05) is 19.7 Å². The highest BCUT2D eigenvalue weighted by Crippen LogP contribution is 2.39. The summed E-state index contributed by atoms with van der Waals surface area (Å²) in [4.78, 5) is 1.29. The summed E-state index contributed by atoms with van der Waals surface area (Å²) >= 11 is 1.88. The van der Waals surface area contributed by atoms with Crippen LogP contribution in [-0.4, -0.2) is 25.8 Å². The second-order valence-electron chi connectivity index (χ2n) is 4.88. The number of hydrogen-bond donors (Lipinski definition) is 1. The average Bonchev–Trinajstić information content (AvgIpc) is 2.55. The molecule has 0 amide bonds.